The van der Waals surface area contributed by atoms with Crippen molar-refractivity contribution in [1.82, 2.24) is 14.9 Å². The summed E-state index contributed by atoms with van der Waals surface area (Å²) in [6, 6.07) is 0.134. The van der Waals surface area contributed by atoms with Gasteiger partial charge in [-0.05, 0) is 12.8 Å². The largest absolute Gasteiger partial charge is 0.354 e. The molecule has 114 valence electrons. The number of nitrogens with zero attached hydrogens (tertiary/aromatic N) is 4. The fourth-order valence-corrected chi connectivity index (χ4v) is 3.19. The van der Waals surface area contributed by atoms with Gasteiger partial charge in [-0.1, -0.05) is 0 Å². The summed E-state index contributed by atoms with van der Waals surface area (Å²) in [5.74, 6) is -0.220. The summed E-state index contributed by atoms with van der Waals surface area (Å²) >= 11 is 0. The number of carbonyl (C=O) groups is 1. The minimum atomic E-state index is -0.437. The fraction of sp³-hybridized carbons (Fsp3) is 0.643. The van der Waals surface area contributed by atoms with Crippen LogP contribution in [0.15, 0.2) is 12.5 Å². The Labute approximate surface area is 122 Å². The maximum Gasteiger partial charge on any atom is 0.223 e. The summed E-state index contributed by atoms with van der Waals surface area (Å²) in [7, 11) is 0. The van der Waals surface area contributed by atoms with Gasteiger partial charge >= 0.3 is 0 Å². The molecule has 2 fully saturated rings. The lowest BCUT2D eigenvalue weighted by atomic mass is 10.0. The van der Waals surface area contributed by atoms with Crippen molar-refractivity contribution in [1.29, 1.82) is 0 Å². The third kappa shape index (κ3) is 2.82. The Morgan fingerprint density at radius 1 is 1.33 bits per heavy atom. The van der Waals surface area contributed by atoms with Crippen molar-refractivity contribution in [2.24, 2.45) is 5.92 Å². The number of alkyl halides is 1. The predicted octanol–water partition coefficient (Wildman–Crippen LogP) is 1.40. The van der Waals surface area contributed by atoms with E-state index in [4.69, 9.17) is 0 Å². The van der Waals surface area contributed by atoms with Gasteiger partial charge in [0.2, 0.25) is 5.91 Å². The van der Waals surface area contributed by atoms with Crippen LogP contribution in [0.3, 0.4) is 0 Å². The summed E-state index contributed by atoms with van der Waals surface area (Å²) in [6.07, 6.45) is 4.32. The van der Waals surface area contributed by atoms with Crippen LogP contribution in [0.5, 0.6) is 0 Å². The van der Waals surface area contributed by atoms with Crippen molar-refractivity contribution >= 4 is 11.7 Å². The highest BCUT2D eigenvalue weighted by molar-refractivity contribution is 5.79. The van der Waals surface area contributed by atoms with Crippen LogP contribution in [0.1, 0.15) is 19.3 Å². The number of likely N-dealkylation sites (tertiary alicyclic amines) is 1. The number of rotatable bonds is 3. The van der Waals surface area contributed by atoms with Gasteiger partial charge in [0, 0.05) is 38.0 Å². The monoisotopic (exact) mass is 296 g/mol. The first-order valence-corrected chi connectivity index (χ1v) is 7.25. The zero-order valence-electron chi connectivity index (χ0n) is 11.7. The number of anilines is 1. The highest BCUT2D eigenvalue weighted by atomic mass is 19.1. The van der Waals surface area contributed by atoms with Gasteiger partial charge in [0.15, 0.2) is 11.6 Å². The average molecular weight is 296 g/mol. The van der Waals surface area contributed by atoms with Gasteiger partial charge in [0.25, 0.3) is 0 Å². The molecule has 7 heteroatoms. The molecule has 0 saturated carbocycles. The van der Waals surface area contributed by atoms with Crippen LogP contribution in [0, 0.1) is 11.7 Å². The summed E-state index contributed by atoms with van der Waals surface area (Å²) in [5.41, 5.74) is 0. The number of halogens is 2. The second kappa shape index (κ2) is 5.91. The number of amides is 1. The van der Waals surface area contributed by atoms with Gasteiger partial charge in [-0.3, -0.25) is 9.18 Å². The van der Waals surface area contributed by atoms with Crippen LogP contribution in [0.4, 0.5) is 14.6 Å². The van der Waals surface area contributed by atoms with Crippen LogP contribution in [0.2, 0.25) is 0 Å². The molecule has 5 nitrogen and oxygen atoms in total. The summed E-state index contributed by atoms with van der Waals surface area (Å²) < 4.78 is 26.4. The van der Waals surface area contributed by atoms with Gasteiger partial charge < -0.3 is 9.80 Å². The van der Waals surface area contributed by atoms with E-state index in [0.29, 0.717) is 31.9 Å². The lowest BCUT2D eigenvalue weighted by Crippen LogP contribution is -2.46. The maximum atomic E-state index is 13.7. The van der Waals surface area contributed by atoms with Gasteiger partial charge in [-0.2, -0.15) is 0 Å². The number of hydrogen-bond acceptors (Lipinski definition) is 4. The quantitative estimate of drug-likeness (QED) is 0.846. The molecule has 3 heterocycles. The van der Waals surface area contributed by atoms with Crippen LogP contribution in [-0.4, -0.2) is 53.1 Å². The summed E-state index contributed by atoms with van der Waals surface area (Å²) in [4.78, 5) is 23.2. The van der Waals surface area contributed by atoms with E-state index in [0.717, 1.165) is 19.0 Å². The van der Waals surface area contributed by atoms with E-state index in [2.05, 4.69) is 9.97 Å². The van der Waals surface area contributed by atoms with E-state index in [1.54, 1.807) is 4.90 Å². The molecule has 0 aliphatic carbocycles. The molecular formula is C14H18F2N4O. The number of carbonyl (C=O) groups excluding carboxylic acids is 1. The molecule has 2 aliphatic heterocycles. The van der Waals surface area contributed by atoms with Gasteiger partial charge in [0.1, 0.15) is 6.33 Å². The average Bonchev–Trinajstić information content (AvgIpc) is 2.89. The molecule has 21 heavy (non-hydrogen) atoms. The molecule has 3 rings (SSSR count). The van der Waals surface area contributed by atoms with E-state index >= 15 is 0 Å². The van der Waals surface area contributed by atoms with E-state index in [9.17, 15) is 13.6 Å². The second-order valence-electron chi connectivity index (χ2n) is 5.68. The normalized spacial score (nSPS) is 23.9. The second-order valence-corrected chi connectivity index (χ2v) is 5.68. The first-order valence-electron chi connectivity index (χ1n) is 7.25. The van der Waals surface area contributed by atoms with E-state index < -0.39 is 12.5 Å². The summed E-state index contributed by atoms with van der Waals surface area (Å²) in [6.45, 7) is 1.36. The van der Waals surface area contributed by atoms with Crippen molar-refractivity contribution in [3.8, 4) is 0 Å². The Balaban J connectivity index is 1.61. The maximum absolute atomic E-state index is 13.7. The predicted molar refractivity (Wildman–Crippen MR) is 73.0 cm³/mol. The Bertz CT molecular complexity index is 519. The molecule has 2 aliphatic rings. The highest BCUT2D eigenvalue weighted by Gasteiger charge is 2.36. The number of piperidine rings is 1. The smallest absolute Gasteiger partial charge is 0.223 e. The summed E-state index contributed by atoms with van der Waals surface area (Å²) in [5, 5.41) is 0. The molecule has 0 radical (unpaired) electrons. The first kappa shape index (κ1) is 14.2. The van der Waals surface area contributed by atoms with Crippen LogP contribution < -0.4 is 4.90 Å². The molecule has 1 aromatic heterocycles. The SMILES string of the molecule is O=C1CC(CF)CN1C1CCN(c2ncncc2F)CC1. The lowest BCUT2D eigenvalue weighted by molar-refractivity contribution is -0.130. The molecule has 0 N–H and O–H groups in total. The molecule has 2 saturated heterocycles. The van der Waals surface area contributed by atoms with E-state index in [1.165, 1.54) is 6.33 Å². The zero-order valence-corrected chi connectivity index (χ0v) is 11.7. The van der Waals surface area contributed by atoms with Crippen LogP contribution in [0.25, 0.3) is 0 Å². The minimum Gasteiger partial charge on any atom is -0.354 e. The van der Waals surface area contributed by atoms with Gasteiger partial charge in [0.05, 0.1) is 12.9 Å². The molecule has 1 unspecified atom stereocenters. The first-order chi connectivity index (χ1) is 10.2. The standard InChI is InChI=1S/C14H18F2N4O/c15-6-10-5-13(21)20(8-10)11-1-3-19(4-2-11)14-12(16)7-17-9-18-14/h7,9-11H,1-6,8H2. The van der Waals surface area contributed by atoms with Crippen LogP contribution in [-0.2, 0) is 4.79 Å². The molecule has 1 aromatic rings. The minimum absolute atomic E-state index is 0.0457. The molecule has 0 spiro atoms. The Morgan fingerprint density at radius 3 is 2.71 bits per heavy atom. The Kier molecular flexibility index (Phi) is 3.98. The highest BCUT2D eigenvalue weighted by Crippen LogP contribution is 2.27. The van der Waals surface area contributed by atoms with Crippen molar-refractivity contribution in [2.75, 3.05) is 31.2 Å². The molecule has 1 atom stereocenters. The third-order valence-electron chi connectivity index (χ3n) is 4.31. The van der Waals surface area contributed by atoms with Crippen LogP contribution >= 0.6 is 0 Å². The zero-order chi connectivity index (χ0) is 14.8. The Morgan fingerprint density at radius 2 is 2.10 bits per heavy atom. The fourth-order valence-electron chi connectivity index (χ4n) is 3.19. The van der Waals surface area contributed by atoms with Crippen molar-refractivity contribution in [3.05, 3.63) is 18.3 Å². The molecule has 0 aromatic carbocycles. The van der Waals surface area contributed by atoms with Gasteiger partial charge in [-0.15, -0.1) is 0 Å². The van der Waals surface area contributed by atoms with E-state index in [-0.39, 0.29) is 17.9 Å². The molecular weight excluding hydrogens is 278 g/mol. The number of aromatic nitrogens is 2. The molecule has 1 amide bonds. The van der Waals surface area contributed by atoms with Gasteiger partial charge in [-0.25, -0.2) is 14.4 Å². The lowest BCUT2D eigenvalue weighted by Gasteiger charge is -2.37. The Hall–Kier alpha value is -1.79. The van der Waals surface area contributed by atoms with Crippen molar-refractivity contribution < 1.29 is 13.6 Å². The number of hydrogen-bond donors (Lipinski definition) is 0. The van der Waals surface area contributed by atoms with Crippen molar-refractivity contribution in [3.63, 3.8) is 0 Å². The van der Waals surface area contributed by atoms with Crippen molar-refractivity contribution in [2.45, 2.75) is 25.3 Å². The third-order valence-corrected chi connectivity index (χ3v) is 4.31. The topological polar surface area (TPSA) is 49.3 Å². The molecule has 0 bridgehead atoms. The van der Waals surface area contributed by atoms with E-state index in [1.807, 2.05) is 4.90 Å².